The molecule has 4 aromatic heterocycles. The SMILES string of the molecule is Cc1nn(C)cc1-c1cc(C(=O)Nc2c(C)nn(Cc3ccccc3Cl)c2C)c2c(C)noc2n1. The molecule has 0 saturated heterocycles. The van der Waals surface area contributed by atoms with Crippen molar-refractivity contribution in [3.63, 3.8) is 0 Å². The summed E-state index contributed by atoms with van der Waals surface area (Å²) in [6.07, 6.45) is 1.86. The van der Waals surface area contributed by atoms with Crippen molar-refractivity contribution < 1.29 is 9.32 Å². The van der Waals surface area contributed by atoms with Crippen molar-refractivity contribution in [3.05, 3.63) is 75.5 Å². The molecule has 4 heterocycles. The Kier molecular flexibility index (Phi) is 5.64. The standard InChI is InChI=1S/C25H24ClN7O2/c1-13-19(12-32(5)29-13)21-10-18(22-14(2)31-35-25(22)27-21)24(34)28-23-15(3)30-33(16(23)4)11-17-8-6-7-9-20(17)26/h6-10,12H,11H2,1-5H3,(H,28,34). The molecule has 0 unspecified atom stereocenters. The van der Waals surface area contributed by atoms with E-state index in [4.69, 9.17) is 16.1 Å². The molecule has 0 aliphatic rings. The van der Waals surface area contributed by atoms with Crippen LogP contribution in [-0.4, -0.2) is 35.6 Å². The van der Waals surface area contributed by atoms with Gasteiger partial charge in [0.05, 0.1) is 51.7 Å². The summed E-state index contributed by atoms with van der Waals surface area (Å²) in [5.74, 6) is -0.296. The average molecular weight is 490 g/mol. The number of fused-ring (bicyclic) bond motifs is 1. The maximum absolute atomic E-state index is 13.6. The average Bonchev–Trinajstić information content (AvgIpc) is 3.45. The highest BCUT2D eigenvalue weighted by molar-refractivity contribution is 6.31. The fourth-order valence-electron chi connectivity index (χ4n) is 4.26. The second-order valence-electron chi connectivity index (χ2n) is 8.55. The van der Waals surface area contributed by atoms with Crippen LogP contribution in [-0.2, 0) is 13.6 Å². The Morgan fingerprint density at radius 3 is 2.57 bits per heavy atom. The fourth-order valence-corrected chi connectivity index (χ4v) is 4.46. The first-order valence-electron chi connectivity index (χ1n) is 11.1. The van der Waals surface area contributed by atoms with Gasteiger partial charge in [0.15, 0.2) is 0 Å². The minimum Gasteiger partial charge on any atom is -0.335 e. The zero-order valence-corrected chi connectivity index (χ0v) is 20.8. The van der Waals surface area contributed by atoms with Crippen molar-refractivity contribution in [1.29, 1.82) is 0 Å². The minimum atomic E-state index is -0.296. The Morgan fingerprint density at radius 1 is 1.09 bits per heavy atom. The van der Waals surface area contributed by atoms with Crippen LogP contribution in [0.1, 0.15) is 38.7 Å². The summed E-state index contributed by atoms with van der Waals surface area (Å²) in [7, 11) is 1.84. The smallest absolute Gasteiger partial charge is 0.259 e. The number of carbonyl (C=O) groups excluding carboxylic acids is 1. The molecule has 0 aliphatic heterocycles. The van der Waals surface area contributed by atoms with Crippen molar-refractivity contribution in [2.45, 2.75) is 34.2 Å². The van der Waals surface area contributed by atoms with Gasteiger partial charge >= 0.3 is 0 Å². The molecule has 0 spiro atoms. The molecule has 0 bridgehead atoms. The summed E-state index contributed by atoms with van der Waals surface area (Å²) < 4.78 is 8.98. The lowest BCUT2D eigenvalue weighted by Gasteiger charge is -2.10. The number of anilines is 1. The monoisotopic (exact) mass is 489 g/mol. The molecular weight excluding hydrogens is 466 g/mol. The summed E-state index contributed by atoms with van der Waals surface area (Å²) in [6, 6.07) is 9.39. The van der Waals surface area contributed by atoms with Crippen molar-refractivity contribution in [2.75, 3.05) is 5.32 Å². The number of hydrogen-bond acceptors (Lipinski definition) is 6. The highest BCUT2D eigenvalue weighted by Crippen LogP contribution is 2.30. The first kappa shape index (κ1) is 22.8. The molecule has 1 aromatic carbocycles. The van der Waals surface area contributed by atoms with Crippen molar-refractivity contribution in [3.8, 4) is 11.3 Å². The maximum atomic E-state index is 13.6. The van der Waals surface area contributed by atoms with Gasteiger partial charge in [-0.3, -0.25) is 14.2 Å². The van der Waals surface area contributed by atoms with Gasteiger partial charge in [0.25, 0.3) is 11.6 Å². The van der Waals surface area contributed by atoms with E-state index in [1.165, 1.54) is 0 Å². The van der Waals surface area contributed by atoms with Gasteiger partial charge in [-0.25, -0.2) is 4.98 Å². The third-order valence-corrected chi connectivity index (χ3v) is 6.42. The number of aryl methyl sites for hydroxylation is 4. The molecule has 10 heteroatoms. The third kappa shape index (κ3) is 4.08. The number of pyridine rings is 1. The number of benzene rings is 1. The van der Waals surface area contributed by atoms with E-state index in [-0.39, 0.29) is 5.91 Å². The maximum Gasteiger partial charge on any atom is 0.259 e. The number of hydrogen-bond donors (Lipinski definition) is 1. The van der Waals surface area contributed by atoms with E-state index >= 15 is 0 Å². The van der Waals surface area contributed by atoms with E-state index in [1.807, 2.05) is 63.0 Å². The molecule has 0 aliphatic carbocycles. The van der Waals surface area contributed by atoms with Crippen LogP contribution in [0.15, 0.2) is 41.1 Å². The second kappa shape index (κ2) is 8.66. The number of rotatable bonds is 5. The van der Waals surface area contributed by atoms with E-state index in [0.29, 0.717) is 51.0 Å². The Balaban J connectivity index is 1.53. The van der Waals surface area contributed by atoms with Crippen LogP contribution >= 0.6 is 11.6 Å². The zero-order chi connectivity index (χ0) is 24.9. The van der Waals surface area contributed by atoms with Crippen molar-refractivity contribution >= 4 is 34.3 Å². The molecule has 0 fully saturated rings. The molecule has 0 saturated carbocycles. The lowest BCUT2D eigenvalue weighted by Crippen LogP contribution is -2.14. The molecule has 5 aromatic rings. The quantitative estimate of drug-likeness (QED) is 0.372. The molecule has 5 rings (SSSR count). The summed E-state index contributed by atoms with van der Waals surface area (Å²) in [4.78, 5) is 18.2. The fraction of sp³-hybridized carbons (Fsp3) is 0.240. The minimum absolute atomic E-state index is 0.296. The van der Waals surface area contributed by atoms with Crippen LogP contribution in [0.25, 0.3) is 22.4 Å². The zero-order valence-electron chi connectivity index (χ0n) is 20.0. The summed E-state index contributed by atoms with van der Waals surface area (Å²) in [6.45, 7) is 7.97. The number of nitrogens with zero attached hydrogens (tertiary/aromatic N) is 6. The topological polar surface area (TPSA) is 104 Å². The van der Waals surface area contributed by atoms with Gasteiger partial charge in [0.1, 0.15) is 0 Å². The van der Waals surface area contributed by atoms with Gasteiger partial charge in [-0.2, -0.15) is 10.2 Å². The lowest BCUT2D eigenvalue weighted by molar-refractivity contribution is 0.102. The first-order valence-corrected chi connectivity index (χ1v) is 11.5. The highest BCUT2D eigenvalue weighted by Gasteiger charge is 2.23. The molecular formula is C25H24ClN7O2. The number of amides is 1. The molecule has 35 heavy (non-hydrogen) atoms. The van der Waals surface area contributed by atoms with Crippen LogP contribution < -0.4 is 5.32 Å². The normalized spacial score (nSPS) is 11.4. The van der Waals surface area contributed by atoms with E-state index in [9.17, 15) is 4.79 Å². The van der Waals surface area contributed by atoms with Crippen LogP contribution in [0.3, 0.4) is 0 Å². The molecule has 0 radical (unpaired) electrons. The lowest BCUT2D eigenvalue weighted by atomic mass is 10.1. The van der Waals surface area contributed by atoms with Crippen molar-refractivity contribution in [2.24, 2.45) is 7.05 Å². The summed E-state index contributed by atoms with van der Waals surface area (Å²) in [5.41, 5.74) is 6.66. The molecule has 9 nitrogen and oxygen atoms in total. The summed E-state index contributed by atoms with van der Waals surface area (Å²) in [5, 5.41) is 17.4. The number of carbonyl (C=O) groups is 1. The van der Waals surface area contributed by atoms with Gasteiger partial charge in [0, 0.05) is 23.8 Å². The van der Waals surface area contributed by atoms with E-state index in [2.05, 4.69) is 25.7 Å². The van der Waals surface area contributed by atoms with Crippen LogP contribution in [0.2, 0.25) is 5.02 Å². The molecule has 1 amide bonds. The Morgan fingerprint density at radius 2 is 1.86 bits per heavy atom. The number of halogens is 1. The van der Waals surface area contributed by atoms with Crippen molar-refractivity contribution in [1.82, 2.24) is 29.7 Å². The van der Waals surface area contributed by atoms with Gasteiger partial charge in [0.2, 0.25) is 0 Å². The first-order chi connectivity index (χ1) is 16.7. The van der Waals surface area contributed by atoms with Gasteiger partial charge in [-0.15, -0.1) is 0 Å². The van der Waals surface area contributed by atoms with Gasteiger partial charge < -0.3 is 9.84 Å². The van der Waals surface area contributed by atoms with E-state index in [0.717, 1.165) is 22.5 Å². The van der Waals surface area contributed by atoms with Gasteiger partial charge in [-0.05, 0) is 45.4 Å². The Labute approximate surface area is 206 Å². The summed E-state index contributed by atoms with van der Waals surface area (Å²) >= 11 is 6.34. The number of nitrogens with one attached hydrogen (secondary N) is 1. The second-order valence-corrected chi connectivity index (χ2v) is 8.96. The van der Waals surface area contributed by atoms with Crippen LogP contribution in [0.4, 0.5) is 5.69 Å². The third-order valence-electron chi connectivity index (χ3n) is 6.05. The molecule has 178 valence electrons. The highest BCUT2D eigenvalue weighted by atomic mass is 35.5. The molecule has 1 N–H and O–H groups in total. The van der Waals surface area contributed by atoms with Gasteiger partial charge in [-0.1, -0.05) is 35.0 Å². The van der Waals surface area contributed by atoms with Crippen LogP contribution in [0.5, 0.6) is 0 Å². The van der Waals surface area contributed by atoms with E-state index < -0.39 is 0 Å². The van der Waals surface area contributed by atoms with Crippen LogP contribution in [0, 0.1) is 27.7 Å². The largest absolute Gasteiger partial charge is 0.335 e. The number of aromatic nitrogens is 6. The Hall–Kier alpha value is -3.98. The molecule has 0 atom stereocenters. The Bertz CT molecular complexity index is 1600. The predicted molar refractivity (Wildman–Crippen MR) is 134 cm³/mol. The van der Waals surface area contributed by atoms with E-state index in [1.54, 1.807) is 17.7 Å². The predicted octanol–water partition coefficient (Wildman–Crippen LogP) is 5.01.